The fraction of sp³-hybridized carbons (Fsp3) is 0.526. The summed E-state index contributed by atoms with van der Waals surface area (Å²) < 4.78 is 0. The van der Waals surface area contributed by atoms with E-state index in [1.54, 1.807) is 0 Å². The molecule has 0 radical (unpaired) electrons. The predicted molar refractivity (Wildman–Crippen MR) is 92.8 cm³/mol. The third-order valence-electron chi connectivity index (χ3n) is 4.81. The van der Waals surface area contributed by atoms with E-state index in [1.807, 2.05) is 37.3 Å². The van der Waals surface area contributed by atoms with Gasteiger partial charge in [0, 0.05) is 11.8 Å². The second kappa shape index (κ2) is 6.04. The second-order valence-corrected chi connectivity index (χ2v) is 7.57. The minimum absolute atomic E-state index is 0.0165. The summed E-state index contributed by atoms with van der Waals surface area (Å²) in [5.74, 6) is -0.458. The first-order chi connectivity index (χ1) is 11.3. The molecule has 1 aliphatic carbocycles. The molecular weight excluding hydrogens is 304 g/mol. The van der Waals surface area contributed by atoms with Gasteiger partial charge in [-0.15, -0.1) is 0 Å². The van der Waals surface area contributed by atoms with Crippen LogP contribution in [-0.2, 0) is 14.5 Å². The summed E-state index contributed by atoms with van der Waals surface area (Å²) in [5, 5.41) is 8.25. The largest absolute Gasteiger partial charge is 0.381 e. The monoisotopic (exact) mass is 328 g/mol. The van der Waals surface area contributed by atoms with Gasteiger partial charge in [0.05, 0.1) is 17.3 Å². The van der Waals surface area contributed by atoms with Gasteiger partial charge in [0.1, 0.15) is 0 Å². The number of carbonyl (C=O) groups excluding carboxylic acids is 1. The molecule has 0 saturated heterocycles. The van der Waals surface area contributed by atoms with Crippen LogP contribution < -0.4 is 0 Å². The van der Waals surface area contributed by atoms with Crippen molar-refractivity contribution in [2.75, 3.05) is 0 Å². The molecule has 0 aromatic heterocycles. The lowest BCUT2D eigenvalue weighted by Crippen LogP contribution is -2.45. The van der Waals surface area contributed by atoms with Gasteiger partial charge in [-0.1, -0.05) is 61.4 Å². The molecule has 0 amide bonds. The van der Waals surface area contributed by atoms with E-state index in [4.69, 9.17) is 9.68 Å². The lowest BCUT2D eigenvalue weighted by molar-refractivity contribution is -0.172. The van der Waals surface area contributed by atoms with E-state index in [9.17, 15) is 4.79 Å². The van der Waals surface area contributed by atoms with Crippen LogP contribution in [0.25, 0.3) is 0 Å². The van der Waals surface area contributed by atoms with E-state index in [0.717, 1.165) is 24.1 Å². The molecule has 0 bridgehead atoms. The molecule has 1 fully saturated rings. The van der Waals surface area contributed by atoms with Crippen LogP contribution in [0.15, 0.2) is 40.6 Å². The van der Waals surface area contributed by atoms with Gasteiger partial charge < -0.3 is 9.68 Å². The highest BCUT2D eigenvalue weighted by atomic mass is 16.7. The molecule has 2 atom stereocenters. The quantitative estimate of drug-likeness (QED) is 0.480. The van der Waals surface area contributed by atoms with E-state index >= 15 is 0 Å². The van der Waals surface area contributed by atoms with Crippen molar-refractivity contribution in [2.45, 2.75) is 52.6 Å². The van der Waals surface area contributed by atoms with Crippen LogP contribution in [0.2, 0.25) is 0 Å². The van der Waals surface area contributed by atoms with Crippen molar-refractivity contribution in [1.29, 1.82) is 0 Å². The first-order valence-electron chi connectivity index (χ1n) is 8.42. The number of rotatable bonds is 3. The molecule has 2 aliphatic rings. The molecule has 128 valence electrons. The van der Waals surface area contributed by atoms with Gasteiger partial charge >= 0.3 is 5.97 Å². The fourth-order valence-electron chi connectivity index (χ4n) is 3.50. The summed E-state index contributed by atoms with van der Waals surface area (Å²) in [4.78, 5) is 23.6. The molecule has 1 saturated carbocycles. The summed E-state index contributed by atoms with van der Waals surface area (Å²) in [7, 11) is 0. The van der Waals surface area contributed by atoms with Crippen molar-refractivity contribution < 1.29 is 14.5 Å². The van der Waals surface area contributed by atoms with Crippen molar-refractivity contribution in [3.63, 3.8) is 0 Å². The fourth-order valence-corrected chi connectivity index (χ4v) is 3.50. The number of benzene rings is 1. The van der Waals surface area contributed by atoms with Crippen molar-refractivity contribution >= 4 is 17.4 Å². The summed E-state index contributed by atoms with van der Waals surface area (Å²) in [5.41, 5.74) is 1.40. The Bertz CT molecular complexity index is 688. The SMILES string of the molecule is C/C(=N\OC(=O)C12CCCC1C(C(C)(C)C)=NO2)c1ccccc1. The number of fused-ring (bicyclic) bond motifs is 1. The Balaban J connectivity index is 1.76. The maximum absolute atomic E-state index is 12.7. The van der Waals surface area contributed by atoms with E-state index in [1.165, 1.54) is 0 Å². The molecular formula is C19H24N2O3. The first kappa shape index (κ1) is 16.7. The average molecular weight is 328 g/mol. The van der Waals surface area contributed by atoms with Gasteiger partial charge in [0.25, 0.3) is 0 Å². The third-order valence-corrected chi connectivity index (χ3v) is 4.81. The highest BCUT2D eigenvalue weighted by Crippen LogP contribution is 2.48. The standard InChI is InChI=1S/C19H24N2O3/c1-13(14-9-6-5-7-10-14)20-23-17(22)19-12-8-11-15(19)16(21-24-19)18(2,3)4/h5-7,9-10,15H,8,11-12H2,1-4H3/b20-13+. The zero-order chi connectivity index (χ0) is 17.4. The smallest absolute Gasteiger partial charge is 0.376 e. The molecule has 24 heavy (non-hydrogen) atoms. The zero-order valence-electron chi connectivity index (χ0n) is 14.7. The van der Waals surface area contributed by atoms with Crippen LogP contribution in [-0.4, -0.2) is 23.0 Å². The van der Waals surface area contributed by atoms with Gasteiger partial charge in [-0.05, 0) is 25.3 Å². The Kier molecular flexibility index (Phi) is 4.20. The lowest BCUT2D eigenvalue weighted by atomic mass is 9.76. The Morgan fingerprint density at radius 1 is 1.33 bits per heavy atom. The molecule has 0 spiro atoms. The van der Waals surface area contributed by atoms with Gasteiger partial charge in [0.15, 0.2) is 0 Å². The lowest BCUT2D eigenvalue weighted by Gasteiger charge is -2.26. The Morgan fingerprint density at radius 2 is 2.04 bits per heavy atom. The van der Waals surface area contributed by atoms with Crippen LogP contribution in [0.1, 0.15) is 52.5 Å². The molecule has 0 N–H and O–H groups in total. The number of oxime groups is 2. The van der Waals surface area contributed by atoms with Gasteiger partial charge in [-0.25, -0.2) is 4.79 Å². The maximum atomic E-state index is 12.7. The van der Waals surface area contributed by atoms with E-state index in [2.05, 4.69) is 31.1 Å². The van der Waals surface area contributed by atoms with Crippen molar-refractivity contribution in [3.8, 4) is 0 Å². The first-order valence-corrected chi connectivity index (χ1v) is 8.42. The van der Waals surface area contributed by atoms with E-state index < -0.39 is 11.6 Å². The highest BCUT2D eigenvalue weighted by Gasteiger charge is 2.60. The normalized spacial score (nSPS) is 26.6. The summed E-state index contributed by atoms with van der Waals surface area (Å²) >= 11 is 0. The van der Waals surface area contributed by atoms with Gasteiger partial charge in [-0.3, -0.25) is 0 Å². The summed E-state index contributed by atoms with van der Waals surface area (Å²) in [6.45, 7) is 8.09. The molecule has 3 rings (SSSR count). The molecule has 5 nitrogen and oxygen atoms in total. The Labute approximate surface area is 142 Å². The number of hydrogen-bond acceptors (Lipinski definition) is 5. The van der Waals surface area contributed by atoms with Crippen molar-refractivity contribution in [1.82, 2.24) is 0 Å². The molecule has 1 aliphatic heterocycles. The minimum Gasteiger partial charge on any atom is -0.376 e. The Morgan fingerprint density at radius 3 is 2.71 bits per heavy atom. The molecule has 5 heteroatoms. The molecule has 1 aromatic rings. The molecule has 2 unspecified atom stereocenters. The number of carbonyl (C=O) groups is 1. The second-order valence-electron chi connectivity index (χ2n) is 7.57. The van der Waals surface area contributed by atoms with E-state index in [-0.39, 0.29) is 11.3 Å². The van der Waals surface area contributed by atoms with Crippen LogP contribution in [0.3, 0.4) is 0 Å². The average Bonchev–Trinajstić information content (AvgIpc) is 3.11. The summed E-state index contributed by atoms with van der Waals surface area (Å²) in [6.07, 6.45) is 2.45. The van der Waals surface area contributed by atoms with Crippen LogP contribution in [0.4, 0.5) is 0 Å². The van der Waals surface area contributed by atoms with E-state index in [0.29, 0.717) is 12.1 Å². The van der Waals surface area contributed by atoms with Crippen LogP contribution in [0.5, 0.6) is 0 Å². The summed E-state index contributed by atoms with van der Waals surface area (Å²) in [6, 6.07) is 9.63. The third kappa shape index (κ3) is 2.83. The highest BCUT2D eigenvalue weighted by molar-refractivity contribution is 6.00. The number of hydrogen-bond donors (Lipinski definition) is 0. The maximum Gasteiger partial charge on any atom is 0.381 e. The van der Waals surface area contributed by atoms with Crippen LogP contribution in [0, 0.1) is 11.3 Å². The topological polar surface area (TPSA) is 60.2 Å². The zero-order valence-corrected chi connectivity index (χ0v) is 14.7. The van der Waals surface area contributed by atoms with Crippen molar-refractivity contribution in [3.05, 3.63) is 35.9 Å². The molecule has 1 heterocycles. The Hall–Kier alpha value is -2.17. The molecule has 1 aromatic carbocycles. The number of nitrogens with zero attached hydrogens (tertiary/aromatic N) is 2. The predicted octanol–water partition coefficient (Wildman–Crippen LogP) is 3.93. The van der Waals surface area contributed by atoms with Crippen LogP contribution >= 0.6 is 0 Å². The minimum atomic E-state index is -0.997. The van der Waals surface area contributed by atoms with Gasteiger partial charge in [-0.2, -0.15) is 0 Å². The van der Waals surface area contributed by atoms with Gasteiger partial charge in [0.2, 0.25) is 5.60 Å². The van der Waals surface area contributed by atoms with Crippen molar-refractivity contribution in [2.24, 2.45) is 21.6 Å².